The highest BCUT2D eigenvalue weighted by atomic mass is 16.6. The quantitative estimate of drug-likeness (QED) is 0.862. The number of rotatable bonds is 5. The van der Waals surface area contributed by atoms with Gasteiger partial charge >= 0.3 is 5.97 Å². The van der Waals surface area contributed by atoms with Crippen LogP contribution in [-0.2, 0) is 19.9 Å². The second-order valence-corrected chi connectivity index (χ2v) is 5.68. The van der Waals surface area contributed by atoms with Crippen LogP contribution < -0.4 is 0 Å². The molecule has 1 N–H and O–H groups in total. The molecule has 3 rings (SSSR count). The summed E-state index contributed by atoms with van der Waals surface area (Å²) in [6, 6.07) is 17.7. The Kier molecular flexibility index (Phi) is 4.74. The van der Waals surface area contributed by atoms with Gasteiger partial charge < -0.3 is 14.6 Å². The highest BCUT2D eigenvalue weighted by molar-refractivity contribution is 5.85. The smallest absolute Gasteiger partial charge is 0.347 e. The van der Waals surface area contributed by atoms with E-state index < -0.39 is 11.6 Å². The van der Waals surface area contributed by atoms with Crippen LogP contribution >= 0.6 is 0 Å². The minimum atomic E-state index is -1.82. The van der Waals surface area contributed by atoms with Crippen LogP contribution in [0, 0.1) is 0 Å². The van der Waals surface area contributed by atoms with Crippen molar-refractivity contribution in [3.63, 3.8) is 0 Å². The molecule has 120 valence electrons. The maximum Gasteiger partial charge on any atom is 0.347 e. The Morgan fingerprint density at radius 2 is 1.65 bits per heavy atom. The van der Waals surface area contributed by atoms with Gasteiger partial charge in [-0.15, -0.1) is 0 Å². The lowest BCUT2D eigenvalue weighted by molar-refractivity contribution is -0.165. The van der Waals surface area contributed by atoms with E-state index in [4.69, 9.17) is 9.47 Å². The van der Waals surface area contributed by atoms with E-state index in [2.05, 4.69) is 0 Å². The van der Waals surface area contributed by atoms with Crippen LogP contribution in [0.1, 0.15) is 24.0 Å². The Bertz CT molecular complexity index is 593. The Balaban J connectivity index is 1.87. The van der Waals surface area contributed by atoms with Crippen molar-refractivity contribution in [1.29, 1.82) is 0 Å². The van der Waals surface area contributed by atoms with Gasteiger partial charge in [0.25, 0.3) is 0 Å². The van der Waals surface area contributed by atoms with E-state index in [1.54, 1.807) is 48.5 Å². The van der Waals surface area contributed by atoms with E-state index in [0.29, 0.717) is 17.7 Å². The van der Waals surface area contributed by atoms with Gasteiger partial charge in [0.15, 0.2) is 0 Å². The van der Waals surface area contributed by atoms with E-state index in [1.165, 1.54) is 0 Å². The van der Waals surface area contributed by atoms with Crippen LogP contribution in [0.2, 0.25) is 0 Å². The number of aliphatic hydroxyl groups is 1. The van der Waals surface area contributed by atoms with Crippen LogP contribution in [0.4, 0.5) is 0 Å². The van der Waals surface area contributed by atoms with Crippen molar-refractivity contribution in [2.75, 3.05) is 13.2 Å². The Hall–Kier alpha value is -2.17. The average Bonchev–Trinajstić information content (AvgIpc) is 3.14. The molecule has 1 fully saturated rings. The van der Waals surface area contributed by atoms with Crippen molar-refractivity contribution in [3.05, 3.63) is 71.8 Å². The monoisotopic (exact) mass is 312 g/mol. The number of esters is 1. The minimum Gasteiger partial charge on any atom is -0.460 e. The number of carbonyl (C=O) groups is 1. The zero-order chi connectivity index (χ0) is 16.1. The lowest BCUT2D eigenvalue weighted by Crippen LogP contribution is -2.39. The summed E-state index contributed by atoms with van der Waals surface area (Å²) in [6.45, 7) is 0.866. The largest absolute Gasteiger partial charge is 0.460 e. The molecule has 0 bridgehead atoms. The van der Waals surface area contributed by atoms with Crippen LogP contribution in [0.15, 0.2) is 60.7 Å². The third-order valence-corrected chi connectivity index (χ3v) is 4.10. The van der Waals surface area contributed by atoms with E-state index in [9.17, 15) is 9.90 Å². The molecule has 1 saturated heterocycles. The number of hydrogen-bond donors (Lipinski definition) is 1. The topological polar surface area (TPSA) is 55.8 Å². The summed E-state index contributed by atoms with van der Waals surface area (Å²) in [7, 11) is 0. The lowest BCUT2D eigenvalue weighted by atomic mass is 9.86. The number of benzene rings is 2. The fraction of sp³-hybridized carbons (Fsp3) is 0.316. The second kappa shape index (κ2) is 6.94. The van der Waals surface area contributed by atoms with Crippen molar-refractivity contribution < 1.29 is 19.4 Å². The summed E-state index contributed by atoms with van der Waals surface area (Å²) in [6.07, 6.45) is 1.78. The molecule has 4 heteroatoms. The molecule has 0 aliphatic carbocycles. The predicted molar refractivity (Wildman–Crippen MR) is 85.8 cm³/mol. The zero-order valence-electron chi connectivity index (χ0n) is 12.9. The van der Waals surface area contributed by atoms with Gasteiger partial charge in [-0.1, -0.05) is 60.7 Å². The molecule has 1 atom stereocenters. The maximum absolute atomic E-state index is 12.7. The van der Waals surface area contributed by atoms with Gasteiger partial charge in [0, 0.05) is 6.61 Å². The Morgan fingerprint density at radius 3 is 2.13 bits per heavy atom. The normalized spacial score (nSPS) is 17.9. The molecule has 0 unspecified atom stereocenters. The third kappa shape index (κ3) is 3.28. The van der Waals surface area contributed by atoms with E-state index in [1.807, 2.05) is 12.1 Å². The summed E-state index contributed by atoms with van der Waals surface area (Å²) in [5, 5.41) is 11.2. The van der Waals surface area contributed by atoms with Crippen LogP contribution in [-0.4, -0.2) is 30.4 Å². The molecule has 1 aliphatic rings. The van der Waals surface area contributed by atoms with Gasteiger partial charge in [0.2, 0.25) is 5.60 Å². The molecule has 23 heavy (non-hydrogen) atoms. The number of hydrogen-bond acceptors (Lipinski definition) is 4. The van der Waals surface area contributed by atoms with E-state index >= 15 is 0 Å². The van der Waals surface area contributed by atoms with Gasteiger partial charge in [-0.25, -0.2) is 4.79 Å². The molecule has 0 radical (unpaired) electrons. The summed E-state index contributed by atoms with van der Waals surface area (Å²) in [5.41, 5.74) is -0.840. The lowest BCUT2D eigenvalue weighted by Gasteiger charge is -2.27. The van der Waals surface area contributed by atoms with Gasteiger partial charge in [-0.2, -0.15) is 0 Å². The van der Waals surface area contributed by atoms with Gasteiger partial charge in [-0.3, -0.25) is 0 Å². The van der Waals surface area contributed by atoms with Crippen LogP contribution in [0.5, 0.6) is 0 Å². The molecule has 0 saturated carbocycles. The number of ether oxygens (including phenoxy) is 2. The highest BCUT2D eigenvalue weighted by Crippen LogP contribution is 2.31. The molecule has 2 aromatic rings. The molecular formula is C19H20O4. The van der Waals surface area contributed by atoms with Crippen molar-refractivity contribution in [3.8, 4) is 0 Å². The van der Waals surface area contributed by atoms with Crippen molar-refractivity contribution in [1.82, 2.24) is 0 Å². The van der Waals surface area contributed by atoms with Crippen LogP contribution in [0.3, 0.4) is 0 Å². The predicted octanol–water partition coefficient (Wildman–Crippen LogP) is 2.64. The number of carbonyl (C=O) groups excluding carboxylic acids is 1. The first-order valence-electron chi connectivity index (χ1n) is 7.83. The Morgan fingerprint density at radius 1 is 1.09 bits per heavy atom. The molecule has 0 aromatic heterocycles. The first-order chi connectivity index (χ1) is 11.2. The first kappa shape index (κ1) is 15.7. The average molecular weight is 312 g/mol. The molecule has 1 heterocycles. The standard InChI is InChI=1S/C19H20O4/c20-18(23-14-17-12-7-13-22-17)19(21,15-8-3-1-4-9-15)16-10-5-2-6-11-16/h1-6,8-11,17,21H,7,12-14H2/t17-/m0/s1. The first-order valence-corrected chi connectivity index (χ1v) is 7.83. The minimum absolute atomic E-state index is 0.0743. The summed E-state index contributed by atoms with van der Waals surface area (Å²) < 4.78 is 10.9. The van der Waals surface area contributed by atoms with Gasteiger partial charge in [-0.05, 0) is 24.0 Å². The van der Waals surface area contributed by atoms with Gasteiger partial charge in [0.1, 0.15) is 6.61 Å². The van der Waals surface area contributed by atoms with Crippen molar-refractivity contribution in [2.45, 2.75) is 24.5 Å². The molecule has 1 aliphatic heterocycles. The summed E-state index contributed by atoms with van der Waals surface area (Å²) in [5.74, 6) is -0.676. The maximum atomic E-state index is 12.7. The van der Waals surface area contributed by atoms with Crippen LogP contribution in [0.25, 0.3) is 0 Å². The molecule has 0 amide bonds. The third-order valence-electron chi connectivity index (χ3n) is 4.10. The second-order valence-electron chi connectivity index (χ2n) is 5.68. The van der Waals surface area contributed by atoms with Crippen molar-refractivity contribution in [2.24, 2.45) is 0 Å². The molecular weight excluding hydrogens is 292 g/mol. The summed E-state index contributed by atoms with van der Waals surface area (Å²) in [4.78, 5) is 12.7. The molecule has 2 aromatic carbocycles. The molecule has 0 spiro atoms. The fourth-order valence-corrected chi connectivity index (χ4v) is 2.81. The van der Waals surface area contributed by atoms with Crippen molar-refractivity contribution >= 4 is 5.97 Å². The molecule has 4 nitrogen and oxygen atoms in total. The Labute approximate surface area is 135 Å². The highest BCUT2D eigenvalue weighted by Gasteiger charge is 2.41. The van der Waals surface area contributed by atoms with E-state index in [-0.39, 0.29) is 12.7 Å². The SMILES string of the molecule is O=C(OC[C@@H]1CCCO1)C(O)(c1ccccc1)c1ccccc1. The van der Waals surface area contributed by atoms with Gasteiger partial charge in [0.05, 0.1) is 6.10 Å². The summed E-state index contributed by atoms with van der Waals surface area (Å²) >= 11 is 0. The van der Waals surface area contributed by atoms with E-state index in [0.717, 1.165) is 12.8 Å². The fourth-order valence-electron chi connectivity index (χ4n) is 2.81. The zero-order valence-corrected chi connectivity index (χ0v) is 12.9.